The van der Waals surface area contributed by atoms with Crippen molar-refractivity contribution in [2.75, 3.05) is 0 Å². The fourth-order valence-corrected chi connectivity index (χ4v) is 1.48. The monoisotopic (exact) mass is 174 g/mol. The molecule has 0 heterocycles. The molecule has 1 rings (SSSR count). The van der Waals surface area contributed by atoms with E-state index in [1.807, 2.05) is 0 Å². The summed E-state index contributed by atoms with van der Waals surface area (Å²) in [6, 6.07) is 8.51. The molecule has 0 N–H and O–H groups in total. The molecule has 0 aromatic heterocycles. The quantitative estimate of drug-likeness (QED) is 0.644. The summed E-state index contributed by atoms with van der Waals surface area (Å²) < 4.78 is 0. The molecule has 1 aromatic carbocycles. The summed E-state index contributed by atoms with van der Waals surface area (Å²) in [5.41, 5.74) is 4.18. The van der Waals surface area contributed by atoms with E-state index in [2.05, 4.69) is 51.1 Å². The summed E-state index contributed by atoms with van der Waals surface area (Å²) >= 11 is 0. The van der Waals surface area contributed by atoms with Gasteiger partial charge in [0.15, 0.2) is 0 Å². The van der Waals surface area contributed by atoms with E-state index in [-0.39, 0.29) is 0 Å². The van der Waals surface area contributed by atoms with Crippen molar-refractivity contribution in [2.45, 2.75) is 33.6 Å². The highest BCUT2D eigenvalue weighted by molar-refractivity contribution is 5.55. The maximum atomic E-state index is 2.29. The molecule has 0 aliphatic carbocycles. The van der Waals surface area contributed by atoms with E-state index in [0.29, 0.717) is 0 Å². The second-order valence-electron chi connectivity index (χ2n) is 3.60. The van der Waals surface area contributed by atoms with Crippen LogP contribution in [0.1, 0.15) is 37.8 Å². The van der Waals surface area contributed by atoms with Crippen LogP contribution in [0.15, 0.2) is 29.8 Å². The number of benzene rings is 1. The fraction of sp³-hybridized carbons (Fsp3) is 0.385. The highest BCUT2D eigenvalue weighted by atomic mass is 14.0. The molecule has 0 saturated carbocycles. The van der Waals surface area contributed by atoms with Crippen molar-refractivity contribution in [3.05, 3.63) is 41.0 Å². The van der Waals surface area contributed by atoms with Gasteiger partial charge in [0.1, 0.15) is 0 Å². The standard InChI is InChI=1S/C13H18/c1-4-7-11(2)10-13-9-6-5-8-12(13)3/h5-6,8-10H,4,7H2,1-3H3/b11-10-. The first-order chi connectivity index (χ1) is 6.24. The average Bonchev–Trinajstić information content (AvgIpc) is 2.09. The average molecular weight is 174 g/mol. The number of allylic oxidation sites excluding steroid dienone is 1. The van der Waals surface area contributed by atoms with Crippen LogP contribution in [0.25, 0.3) is 6.08 Å². The first kappa shape index (κ1) is 10.0. The van der Waals surface area contributed by atoms with Crippen molar-refractivity contribution in [3.8, 4) is 0 Å². The van der Waals surface area contributed by atoms with Gasteiger partial charge in [0, 0.05) is 0 Å². The van der Waals surface area contributed by atoms with Crippen LogP contribution in [0.2, 0.25) is 0 Å². The second kappa shape index (κ2) is 4.86. The zero-order chi connectivity index (χ0) is 9.68. The van der Waals surface area contributed by atoms with Gasteiger partial charge in [-0.05, 0) is 31.4 Å². The molecular formula is C13H18. The van der Waals surface area contributed by atoms with E-state index >= 15 is 0 Å². The van der Waals surface area contributed by atoms with E-state index in [1.165, 1.54) is 29.5 Å². The number of hydrogen-bond donors (Lipinski definition) is 0. The van der Waals surface area contributed by atoms with E-state index in [4.69, 9.17) is 0 Å². The first-order valence-corrected chi connectivity index (χ1v) is 4.97. The number of rotatable bonds is 3. The second-order valence-corrected chi connectivity index (χ2v) is 3.60. The Morgan fingerprint density at radius 3 is 2.62 bits per heavy atom. The highest BCUT2D eigenvalue weighted by Crippen LogP contribution is 2.14. The van der Waals surface area contributed by atoms with E-state index in [0.717, 1.165) is 0 Å². The SMILES string of the molecule is CCC/C(C)=C\c1ccccc1C. The van der Waals surface area contributed by atoms with Gasteiger partial charge in [-0.2, -0.15) is 0 Å². The van der Waals surface area contributed by atoms with Crippen molar-refractivity contribution in [3.63, 3.8) is 0 Å². The van der Waals surface area contributed by atoms with Gasteiger partial charge in [0.05, 0.1) is 0 Å². The molecule has 0 unspecified atom stereocenters. The highest BCUT2D eigenvalue weighted by Gasteiger charge is 1.93. The largest absolute Gasteiger partial charge is 0.0727 e. The molecule has 0 fully saturated rings. The molecule has 0 atom stereocenters. The van der Waals surface area contributed by atoms with Crippen molar-refractivity contribution >= 4 is 6.08 Å². The Morgan fingerprint density at radius 1 is 1.31 bits per heavy atom. The van der Waals surface area contributed by atoms with Gasteiger partial charge >= 0.3 is 0 Å². The van der Waals surface area contributed by atoms with Crippen molar-refractivity contribution in [1.29, 1.82) is 0 Å². The lowest BCUT2D eigenvalue weighted by Gasteiger charge is -2.01. The molecule has 0 aliphatic heterocycles. The summed E-state index contributed by atoms with van der Waals surface area (Å²) in [5, 5.41) is 0. The summed E-state index contributed by atoms with van der Waals surface area (Å²) in [6.45, 7) is 6.58. The maximum absolute atomic E-state index is 2.29. The molecule has 0 nitrogen and oxygen atoms in total. The van der Waals surface area contributed by atoms with Crippen molar-refractivity contribution in [1.82, 2.24) is 0 Å². The minimum absolute atomic E-state index is 1.20. The van der Waals surface area contributed by atoms with Crippen LogP contribution in [-0.4, -0.2) is 0 Å². The predicted octanol–water partition coefficient (Wildman–Crippen LogP) is 4.20. The Morgan fingerprint density at radius 2 is 2.00 bits per heavy atom. The number of hydrogen-bond acceptors (Lipinski definition) is 0. The lowest BCUT2D eigenvalue weighted by molar-refractivity contribution is 0.911. The molecule has 1 aromatic rings. The summed E-state index contributed by atoms with van der Waals surface area (Å²) in [5.74, 6) is 0. The fourth-order valence-electron chi connectivity index (χ4n) is 1.48. The first-order valence-electron chi connectivity index (χ1n) is 4.97. The van der Waals surface area contributed by atoms with E-state index < -0.39 is 0 Å². The molecule has 0 heteroatoms. The van der Waals surface area contributed by atoms with Gasteiger partial charge in [-0.25, -0.2) is 0 Å². The lowest BCUT2D eigenvalue weighted by atomic mass is 10.0. The minimum Gasteiger partial charge on any atom is -0.0727 e. The Labute approximate surface area is 81.3 Å². The summed E-state index contributed by atoms with van der Waals surface area (Å²) in [4.78, 5) is 0. The molecule has 0 radical (unpaired) electrons. The Kier molecular flexibility index (Phi) is 3.75. The van der Waals surface area contributed by atoms with Crippen LogP contribution in [0.3, 0.4) is 0 Å². The van der Waals surface area contributed by atoms with Crippen LogP contribution >= 0.6 is 0 Å². The van der Waals surface area contributed by atoms with Gasteiger partial charge in [-0.3, -0.25) is 0 Å². The van der Waals surface area contributed by atoms with Gasteiger partial charge in [-0.15, -0.1) is 0 Å². The molecule has 0 saturated heterocycles. The third-order valence-corrected chi connectivity index (χ3v) is 2.23. The Bertz CT molecular complexity index is 295. The smallest absolute Gasteiger partial charge is 0.0228 e. The molecule has 13 heavy (non-hydrogen) atoms. The molecule has 0 spiro atoms. The summed E-state index contributed by atoms with van der Waals surface area (Å²) in [6.07, 6.45) is 4.72. The zero-order valence-electron chi connectivity index (χ0n) is 8.80. The van der Waals surface area contributed by atoms with Gasteiger partial charge in [-0.1, -0.05) is 49.3 Å². The molecule has 0 bridgehead atoms. The molecule has 0 amide bonds. The maximum Gasteiger partial charge on any atom is -0.0228 e. The van der Waals surface area contributed by atoms with Crippen molar-refractivity contribution < 1.29 is 0 Å². The van der Waals surface area contributed by atoms with Crippen LogP contribution in [0.4, 0.5) is 0 Å². The molecular weight excluding hydrogens is 156 g/mol. The molecule has 0 aliphatic rings. The number of aryl methyl sites for hydroxylation is 1. The normalized spacial score (nSPS) is 11.8. The van der Waals surface area contributed by atoms with E-state index in [1.54, 1.807) is 0 Å². The topological polar surface area (TPSA) is 0 Å². The lowest BCUT2D eigenvalue weighted by Crippen LogP contribution is -1.81. The zero-order valence-corrected chi connectivity index (χ0v) is 8.80. The van der Waals surface area contributed by atoms with Gasteiger partial charge in [0.2, 0.25) is 0 Å². The van der Waals surface area contributed by atoms with Gasteiger partial charge < -0.3 is 0 Å². The predicted molar refractivity (Wildman–Crippen MR) is 59.7 cm³/mol. The van der Waals surface area contributed by atoms with Crippen LogP contribution in [0.5, 0.6) is 0 Å². The Balaban J connectivity index is 2.84. The van der Waals surface area contributed by atoms with E-state index in [9.17, 15) is 0 Å². The van der Waals surface area contributed by atoms with Crippen molar-refractivity contribution in [2.24, 2.45) is 0 Å². The van der Waals surface area contributed by atoms with Gasteiger partial charge in [0.25, 0.3) is 0 Å². The summed E-state index contributed by atoms with van der Waals surface area (Å²) in [7, 11) is 0. The third kappa shape index (κ3) is 3.06. The van der Waals surface area contributed by atoms with Crippen LogP contribution in [0, 0.1) is 6.92 Å². The third-order valence-electron chi connectivity index (χ3n) is 2.23. The van der Waals surface area contributed by atoms with Crippen LogP contribution < -0.4 is 0 Å². The Hall–Kier alpha value is -1.04. The molecule has 70 valence electrons. The van der Waals surface area contributed by atoms with Crippen LogP contribution in [-0.2, 0) is 0 Å². The minimum atomic E-state index is 1.20.